The van der Waals surface area contributed by atoms with Gasteiger partial charge in [0.15, 0.2) is 0 Å². The summed E-state index contributed by atoms with van der Waals surface area (Å²) in [4.78, 5) is 23.5. The SMILES string of the molecule is CC(C)N1C(=O)OCC1(C)CC(=O)O. The average molecular weight is 201 g/mol. The van der Waals surface area contributed by atoms with E-state index in [4.69, 9.17) is 9.84 Å². The van der Waals surface area contributed by atoms with Gasteiger partial charge in [-0.05, 0) is 20.8 Å². The Hall–Kier alpha value is -1.26. The van der Waals surface area contributed by atoms with Gasteiger partial charge in [0.25, 0.3) is 0 Å². The largest absolute Gasteiger partial charge is 0.481 e. The van der Waals surface area contributed by atoms with E-state index < -0.39 is 17.6 Å². The van der Waals surface area contributed by atoms with Gasteiger partial charge in [0, 0.05) is 6.04 Å². The quantitative estimate of drug-likeness (QED) is 0.742. The van der Waals surface area contributed by atoms with Gasteiger partial charge in [0.1, 0.15) is 6.61 Å². The number of carboxylic acid groups (broad SMARTS) is 1. The van der Waals surface area contributed by atoms with Gasteiger partial charge in [-0.15, -0.1) is 0 Å². The zero-order chi connectivity index (χ0) is 10.9. The highest BCUT2D eigenvalue weighted by Crippen LogP contribution is 2.29. The minimum atomic E-state index is -0.920. The van der Waals surface area contributed by atoms with Gasteiger partial charge in [-0.3, -0.25) is 9.69 Å². The van der Waals surface area contributed by atoms with Crippen LogP contribution in [-0.4, -0.2) is 40.3 Å². The average Bonchev–Trinajstić information content (AvgIpc) is 2.24. The van der Waals surface area contributed by atoms with Crippen LogP contribution in [0.3, 0.4) is 0 Å². The lowest BCUT2D eigenvalue weighted by molar-refractivity contribution is -0.139. The summed E-state index contributed by atoms with van der Waals surface area (Å²) in [6.07, 6.45) is -0.513. The number of cyclic esters (lactones) is 1. The minimum absolute atomic E-state index is 0.0469. The second-order valence-corrected chi connectivity index (χ2v) is 4.09. The molecule has 0 spiro atoms. The highest BCUT2D eigenvalue weighted by Gasteiger charge is 2.46. The zero-order valence-electron chi connectivity index (χ0n) is 8.61. The van der Waals surface area contributed by atoms with Crippen LogP contribution in [0.4, 0.5) is 4.79 Å². The molecule has 1 aliphatic heterocycles. The number of hydrogen-bond acceptors (Lipinski definition) is 3. The van der Waals surface area contributed by atoms with Crippen LogP contribution in [0, 0.1) is 0 Å². The lowest BCUT2D eigenvalue weighted by atomic mass is 9.96. The number of nitrogens with zero attached hydrogens (tertiary/aromatic N) is 1. The van der Waals surface area contributed by atoms with Gasteiger partial charge >= 0.3 is 12.1 Å². The molecule has 1 N–H and O–H groups in total. The Morgan fingerprint density at radius 3 is 2.71 bits per heavy atom. The molecule has 0 saturated carbocycles. The normalized spacial score (nSPS) is 26.9. The maximum atomic E-state index is 11.3. The molecule has 1 amide bonds. The van der Waals surface area contributed by atoms with Crippen molar-refractivity contribution in [3.8, 4) is 0 Å². The molecule has 0 aromatic carbocycles. The second-order valence-electron chi connectivity index (χ2n) is 4.09. The van der Waals surface area contributed by atoms with E-state index in [1.165, 1.54) is 4.90 Å². The summed E-state index contributed by atoms with van der Waals surface area (Å²) in [5.41, 5.74) is -0.711. The standard InChI is InChI=1S/C9H15NO4/c1-6(2)10-8(13)14-5-9(10,3)4-7(11)12/h6H,4-5H2,1-3H3,(H,11,12). The molecule has 1 fully saturated rings. The number of ether oxygens (including phenoxy) is 1. The topological polar surface area (TPSA) is 66.8 Å². The van der Waals surface area contributed by atoms with Gasteiger partial charge in [-0.2, -0.15) is 0 Å². The fourth-order valence-electron chi connectivity index (χ4n) is 1.87. The number of rotatable bonds is 3. The van der Waals surface area contributed by atoms with E-state index in [2.05, 4.69) is 0 Å². The molecular weight excluding hydrogens is 186 g/mol. The van der Waals surface area contributed by atoms with Crippen LogP contribution in [0.5, 0.6) is 0 Å². The molecule has 14 heavy (non-hydrogen) atoms. The van der Waals surface area contributed by atoms with Crippen LogP contribution in [0.2, 0.25) is 0 Å². The van der Waals surface area contributed by atoms with Crippen molar-refractivity contribution in [3.63, 3.8) is 0 Å². The first-order valence-electron chi connectivity index (χ1n) is 4.55. The van der Waals surface area contributed by atoms with Crippen molar-refractivity contribution < 1.29 is 19.4 Å². The van der Waals surface area contributed by atoms with Crippen LogP contribution in [0.15, 0.2) is 0 Å². The fourth-order valence-corrected chi connectivity index (χ4v) is 1.87. The molecule has 1 rings (SSSR count). The maximum absolute atomic E-state index is 11.3. The first-order valence-corrected chi connectivity index (χ1v) is 4.55. The van der Waals surface area contributed by atoms with Crippen molar-refractivity contribution in [2.75, 3.05) is 6.61 Å². The fraction of sp³-hybridized carbons (Fsp3) is 0.778. The molecule has 0 aromatic rings. The Balaban J connectivity index is 2.86. The van der Waals surface area contributed by atoms with Crippen molar-refractivity contribution in [2.45, 2.75) is 38.8 Å². The molecule has 5 nitrogen and oxygen atoms in total. The molecule has 0 radical (unpaired) electrons. The van der Waals surface area contributed by atoms with Gasteiger partial charge < -0.3 is 9.84 Å². The van der Waals surface area contributed by atoms with Crippen molar-refractivity contribution >= 4 is 12.1 Å². The van der Waals surface area contributed by atoms with Crippen LogP contribution >= 0.6 is 0 Å². The smallest absolute Gasteiger partial charge is 0.410 e. The third-order valence-corrected chi connectivity index (χ3v) is 2.33. The van der Waals surface area contributed by atoms with E-state index in [1.54, 1.807) is 6.92 Å². The molecule has 1 aliphatic rings. The maximum Gasteiger partial charge on any atom is 0.410 e. The first-order chi connectivity index (χ1) is 6.37. The van der Waals surface area contributed by atoms with E-state index in [-0.39, 0.29) is 19.1 Å². The minimum Gasteiger partial charge on any atom is -0.481 e. The summed E-state index contributed by atoms with van der Waals surface area (Å²) in [6.45, 7) is 5.56. The first kappa shape index (κ1) is 10.8. The summed E-state index contributed by atoms with van der Waals surface area (Å²) < 4.78 is 4.87. The van der Waals surface area contributed by atoms with E-state index in [9.17, 15) is 9.59 Å². The van der Waals surface area contributed by atoms with Crippen molar-refractivity contribution in [1.82, 2.24) is 4.90 Å². The molecule has 0 aromatic heterocycles. The van der Waals surface area contributed by atoms with Crippen molar-refractivity contribution in [3.05, 3.63) is 0 Å². The Labute approximate surface area is 82.6 Å². The van der Waals surface area contributed by atoms with Crippen molar-refractivity contribution in [2.24, 2.45) is 0 Å². The van der Waals surface area contributed by atoms with Gasteiger partial charge in [-0.1, -0.05) is 0 Å². The summed E-state index contributed by atoms with van der Waals surface area (Å²) in [7, 11) is 0. The van der Waals surface area contributed by atoms with Gasteiger partial charge in [0.2, 0.25) is 0 Å². The molecule has 0 bridgehead atoms. The molecular formula is C9H15NO4. The van der Waals surface area contributed by atoms with E-state index in [1.807, 2.05) is 13.8 Å². The van der Waals surface area contributed by atoms with Gasteiger partial charge in [-0.25, -0.2) is 4.79 Å². The zero-order valence-corrected chi connectivity index (χ0v) is 8.61. The Bertz CT molecular complexity index is 264. The molecule has 80 valence electrons. The Morgan fingerprint density at radius 1 is 1.71 bits per heavy atom. The van der Waals surface area contributed by atoms with Crippen LogP contribution < -0.4 is 0 Å². The monoisotopic (exact) mass is 201 g/mol. The highest BCUT2D eigenvalue weighted by molar-refractivity contribution is 5.75. The van der Waals surface area contributed by atoms with E-state index in [0.29, 0.717) is 0 Å². The number of amides is 1. The van der Waals surface area contributed by atoms with E-state index in [0.717, 1.165) is 0 Å². The Morgan fingerprint density at radius 2 is 2.29 bits per heavy atom. The highest BCUT2D eigenvalue weighted by atomic mass is 16.6. The lowest BCUT2D eigenvalue weighted by Crippen LogP contribution is -2.49. The molecule has 0 aliphatic carbocycles. The predicted octanol–water partition coefficient (Wildman–Crippen LogP) is 1.08. The van der Waals surface area contributed by atoms with Crippen molar-refractivity contribution in [1.29, 1.82) is 0 Å². The number of carbonyl (C=O) groups is 2. The predicted molar refractivity (Wildman–Crippen MR) is 49.0 cm³/mol. The Kier molecular flexibility index (Phi) is 2.69. The van der Waals surface area contributed by atoms with E-state index >= 15 is 0 Å². The molecule has 1 saturated heterocycles. The summed E-state index contributed by atoms with van der Waals surface area (Å²) in [6, 6.07) is -0.0469. The molecule has 1 atom stereocenters. The van der Waals surface area contributed by atoms with Crippen LogP contribution in [-0.2, 0) is 9.53 Å². The molecule has 1 heterocycles. The van der Waals surface area contributed by atoms with Gasteiger partial charge in [0.05, 0.1) is 12.0 Å². The number of hydrogen-bond donors (Lipinski definition) is 1. The molecule has 5 heteroatoms. The third-order valence-electron chi connectivity index (χ3n) is 2.33. The second kappa shape index (κ2) is 3.48. The lowest BCUT2D eigenvalue weighted by Gasteiger charge is -2.33. The van der Waals surface area contributed by atoms with Crippen LogP contribution in [0.25, 0.3) is 0 Å². The molecule has 1 unspecified atom stereocenters. The summed E-state index contributed by atoms with van der Waals surface area (Å²) >= 11 is 0. The van der Waals surface area contributed by atoms with Crippen LogP contribution in [0.1, 0.15) is 27.2 Å². The number of aliphatic carboxylic acids is 1. The third kappa shape index (κ3) is 1.81. The summed E-state index contributed by atoms with van der Waals surface area (Å²) in [5, 5.41) is 8.73. The number of carboxylic acids is 1. The number of carbonyl (C=O) groups excluding carboxylic acids is 1. The summed E-state index contributed by atoms with van der Waals surface area (Å²) in [5.74, 6) is -0.920.